The minimum atomic E-state index is -0.288. The van der Waals surface area contributed by atoms with Gasteiger partial charge in [-0.3, -0.25) is 4.79 Å². The van der Waals surface area contributed by atoms with Crippen molar-refractivity contribution in [3.8, 4) is 0 Å². The number of nitrogens with one attached hydrogen (secondary N) is 2. The minimum Gasteiger partial charge on any atom is -0.451 e. The van der Waals surface area contributed by atoms with Crippen LogP contribution in [0.1, 0.15) is 29.3 Å². The molecule has 0 saturated carbocycles. The number of imidazole rings is 1. The van der Waals surface area contributed by atoms with Gasteiger partial charge in [-0.2, -0.15) is 0 Å². The van der Waals surface area contributed by atoms with Crippen LogP contribution in [-0.4, -0.2) is 15.9 Å². The highest BCUT2D eigenvalue weighted by atomic mass is 16.3. The number of aromatic nitrogens is 2. The van der Waals surface area contributed by atoms with E-state index in [9.17, 15) is 4.79 Å². The number of aromatic amines is 1. The Hall–Kier alpha value is -2.76. The lowest BCUT2D eigenvalue weighted by atomic mass is 10.2. The average molecular weight is 270 g/mol. The molecule has 4 N–H and O–H groups in total. The molecule has 0 aliphatic carbocycles. The molecule has 0 aliphatic rings. The van der Waals surface area contributed by atoms with Gasteiger partial charge in [-0.25, -0.2) is 4.98 Å². The van der Waals surface area contributed by atoms with E-state index in [0.29, 0.717) is 17.1 Å². The summed E-state index contributed by atoms with van der Waals surface area (Å²) >= 11 is 0. The summed E-state index contributed by atoms with van der Waals surface area (Å²) in [5, 5.41) is 3.62. The Morgan fingerprint density at radius 1 is 1.45 bits per heavy atom. The molecule has 2 aromatic heterocycles. The number of hydrogen-bond acceptors (Lipinski definition) is 4. The van der Waals surface area contributed by atoms with Gasteiger partial charge in [0.1, 0.15) is 11.4 Å². The molecule has 6 heteroatoms. The van der Waals surface area contributed by atoms with Crippen molar-refractivity contribution in [1.29, 1.82) is 0 Å². The van der Waals surface area contributed by atoms with Gasteiger partial charge < -0.3 is 20.5 Å². The fourth-order valence-corrected chi connectivity index (χ4v) is 2.02. The van der Waals surface area contributed by atoms with Crippen LogP contribution in [0.3, 0.4) is 0 Å². The summed E-state index contributed by atoms with van der Waals surface area (Å²) in [5.74, 6) is 0.659. The summed E-state index contributed by atoms with van der Waals surface area (Å²) in [5.41, 5.74) is 6.97. The van der Waals surface area contributed by atoms with E-state index in [1.807, 2.05) is 6.92 Å². The van der Waals surface area contributed by atoms with Crippen molar-refractivity contribution >= 4 is 22.6 Å². The first kappa shape index (κ1) is 12.3. The maximum Gasteiger partial charge on any atom is 0.287 e. The molecule has 0 bridgehead atoms. The second-order valence-corrected chi connectivity index (χ2v) is 4.58. The molecule has 3 aromatic rings. The normalized spacial score (nSPS) is 12.4. The quantitative estimate of drug-likeness (QED) is 0.636. The highest BCUT2D eigenvalue weighted by Crippen LogP contribution is 2.22. The number of carbonyl (C=O) groups is 1. The maximum atomic E-state index is 12.1. The Labute approximate surface area is 115 Å². The van der Waals surface area contributed by atoms with Crippen LogP contribution in [0.15, 0.2) is 41.1 Å². The number of hydrogen-bond donors (Lipinski definition) is 3. The van der Waals surface area contributed by atoms with Gasteiger partial charge in [0.25, 0.3) is 5.91 Å². The van der Waals surface area contributed by atoms with E-state index in [2.05, 4.69) is 15.3 Å². The van der Waals surface area contributed by atoms with Crippen LogP contribution in [0, 0.1) is 0 Å². The third-order valence-corrected chi connectivity index (χ3v) is 3.04. The van der Waals surface area contributed by atoms with E-state index >= 15 is 0 Å². The number of H-pyrrole nitrogens is 1. The monoisotopic (exact) mass is 270 g/mol. The number of amides is 1. The number of nitrogens with zero attached hydrogens (tertiary/aromatic N) is 1. The van der Waals surface area contributed by atoms with Crippen molar-refractivity contribution in [2.45, 2.75) is 13.0 Å². The van der Waals surface area contributed by atoms with Crippen LogP contribution in [-0.2, 0) is 0 Å². The molecule has 1 atom stereocenters. The van der Waals surface area contributed by atoms with Gasteiger partial charge in [0.2, 0.25) is 0 Å². The topological polar surface area (TPSA) is 96.9 Å². The SMILES string of the molecule is CC(NC(=O)c1cc2cc(N)ccc2o1)c1ncc[nH]1. The van der Waals surface area contributed by atoms with Crippen molar-refractivity contribution in [3.05, 3.63) is 48.2 Å². The van der Waals surface area contributed by atoms with Gasteiger partial charge in [0.15, 0.2) is 5.76 Å². The predicted octanol–water partition coefficient (Wildman–Crippen LogP) is 2.23. The lowest BCUT2D eigenvalue weighted by Crippen LogP contribution is -2.26. The highest BCUT2D eigenvalue weighted by Gasteiger charge is 2.16. The molecule has 0 aliphatic heterocycles. The Balaban J connectivity index is 1.82. The third-order valence-electron chi connectivity index (χ3n) is 3.04. The number of nitrogen functional groups attached to an aromatic ring is 1. The third kappa shape index (κ3) is 2.23. The molecule has 2 heterocycles. The molecule has 6 nitrogen and oxygen atoms in total. The molecule has 1 unspecified atom stereocenters. The fraction of sp³-hybridized carbons (Fsp3) is 0.143. The molecule has 3 rings (SSSR count). The van der Waals surface area contributed by atoms with Crippen molar-refractivity contribution < 1.29 is 9.21 Å². The Bertz CT molecular complexity index is 746. The average Bonchev–Trinajstić information content (AvgIpc) is 3.07. The molecule has 1 amide bonds. The van der Waals surface area contributed by atoms with Gasteiger partial charge in [-0.15, -0.1) is 0 Å². The molecule has 0 radical (unpaired) electrons. The first-order valence-electron chi connectivity index (χ1n) is 6.22. The molecule has 0 fully saturated rings. The number of benzene rings is 1. The van der Waals surface area contributed by atoms with Gasteiger partial charge in [-0.05, 0) is 31.2 Å². The maximum absolute atomic E-state index is 12.1. The molecular weight excluding hydrogens is 256 g/mol. The van der Waals surface area contributed by atoms with Gasteiger partial charge in [0.05, 0.1) is 6.04 Å². The van der Waals surface area contributed by atoms with Gasteiger partial charge in [-0.1, -0.05) is 0 Å². The zero-order valence-corrected chi connectivity index (χ0v) is 10.9. The Morgan fingerprint density at radius 2 is 2.30 bits per heavy atom. The lowest BCUT2D eigenvalue weighted by Gasteiger charge is -2.09. The summed E-state index contributed by atoms with van der Waals surface area (Å²) in [7, 11) is 0. The Kier molecular flexibility index (Phi) is 2.90. The van der Waals surface area contributed by atoms with Gasteiger partial charge >= 0.3 is 0 Å². The number of rotatable bonds is 3. The largest absolute Gasteiger partial charge is 0.451 e. The highest BCUT2D eigenvalue weighted by molar-refractivity contribution is 5.96. The first-order chi connectivity index (χ1) is 9.63. The van der Waals surface area contributed by atoms with E-state index in [1.165, 1.54) is 0 Å². The van der Waals surface area contributed by atoms with Crippen LogP contribution in [0.25, 0.3) is 11.0 Å². The molecule has 102 valence electrons. The van der Waals surface area contributed by atoms with Crippen molar-refractivity contribution in [2.75, 3.05) is 5.73 Å². The van der Waals surface area contributed by atoms with E-state index in [1.54, 1.807) is 36.7 Å². The number of anilines is 1. The standard InChI is InChI=1S/C14H14N4O2/c1-8(13-16-4-5-17-13)18-14(19)12-7-9-6-10(15)2-3-11(9)20-12/h2-8H,15H2,1H3,(H,16,17)(H,18,19). The fourth-order valence-electron chi connectivity index (χ4n) is 2.02. The molecular formula is C14H14N4O2. The summed E-state index contributed by atoms with van der Waals surface area (Å²) in [6, 6.07) is 6.70. The molecule has 1 aromatic carbocycles. The lowest BCUT2D eigenvalue weighted by molar-refractivity contribution is 0.0912. The number of furan rings is 1. The summed E-state index contributed by atoms with van der Waals surface area (Å²) in [6.45, 7) is 1.84. The van der Waals surface area contributed by atoms with Crippen molar-refractivity contribution in [3.63, 3.8) is 0 Å². The van der Waals surface area contributed by atoms with Crippen molar-refractivity contribution in [1.82, 2.24) is 15.3 Å². The van der Waals surface area contributed by atoms with Crippen LogP contribution in [0.4, 0.5) is 5.69 Å². The predicted molar refractivity (Wildman–Crippen MR) is 75.1 cm³/mol. The van der Waals surface area contributed by atoms with Crippen LogP contribution >= 0.6 is 0 Å². The van der Waals surface area contributed by atoms with Crippen LogP contribution < -0.4 is 11.1 Å². The van der Waals surface area contributed by atoms with E-state index in [0.717, 1.165) is 5.39 Å². The number of carbonyl (C=O) groups excluding carboxylic acids is 1. The van der Waals surface area contributed by atoms with Crippen molar-refractivity contribution in [2.24, 2.45) is 0 Å². The summed E-state index contributed by atoms with van der Waals surface area (Å²) < 4.78 is 5.50. The zero-order valence-electron chi connectivity index (χ0n) is 10.9. The molecule has 0 saturated heterocycles. The van der Waals surface area contributed by atoms with Crippen LogP contribution in [0.2, 0.25) is 0 Å². The number of nitrogens with two attached hydrogens (primary N) is 1. The van der Waals surface area contributed by atoms with Crippen LogP contribution in [0.5, 0.6) is 0 Å². The Morgan fingerprint density at radius 3 is 3.05 bits per heavy atom. The second kappa shape index (κ2) is 4.73. The second-order valence-electron chi connectivity index (χ2n) is 4.58. The first-order valence-corrected chi connectivity index (χ1v) is 6.22. The minimum absolute atomic E-state index is 0.226. The zero-order chi connectivity index (χ0) is 14.1. The molecule has 0 spiro atoms. The van der Waals surface area contributed by atoms with E-state index < -0.39 is 0 Å². The number of fused-ring (bicyclic) bond motifs is 1. The smallest absolute Gasteiger partial charge is 0.287 e. The van der Waals surface area contributed by atoms with E-state index in [-0.39, 0.29) is 17.7 Å². The summed E-state index contributed by atoms with van der Waals surface area (Å²) in [6.07, 6.45) is 3.35. The molecule has 20 heavy (non-hydrogen) atoms. The summed E-state index contributed by atoms with van der Waals surface area (Å²) in [4.78, 5) is 19.2. The van der Waals surface area contributed by atoms with E-state index in [4.69, 9.17) is 10.2 Å². The van der Waals surface area contributed by atoms with Gasteiger partial charge in [0, 0.05) is 23.5 Å².